The molecule has 1 rings (SSSR count). The molecule has 20 heavy (non-hydrogen) atoms. The molecule has 2 amide bonds. The first-order valence-corrected chi connectivity index (χ1v) is 6.59. The smallest absolute Gasteiger partial charge is 0.315 e. The third-order valence-electron chi connectivity index (χ3n) is 3.03. The van der Waals surface area contributed by atoms with Crippen LogP contribution in [0.5, 0.6) is 0 Å². The lowest BCUT2D eigenvalue weighted by molar-refractivity contribution is -0.138. The van der Waals surface area contributed by atoms with Crippen molar-refractivity contribution in [1.29, 1.82) is 0 Å². The lowest BCUT2D eigenvalue weighted by Crippen LogP contribution is -2.48. The summed E-state index contributed by atoms with van der Waals surface area (Å²) in [6, 6.07) is 8.77. The van der Waals surface area contributed by atoms with Gasteiger partial charge < -0.3 is 15.7 Å². The molecule has 0 fully saturated rings. The van der Waals surface area contributed by atoms with E-state index >= 15 is 0 Å². The summed E-state index contributed by atoms with van der Waals surface area (Å²) in [6.07, 6.45) is -0.0950. The molecule has 0 heterocycles. The molecule has 5 heteroatoms. The van der Waals surface area contributed by atoms with Crippen LogP contribution in [0.3, 0.4) is 0 Å². The Bertz CT molecular complexity index is 452. The number of urea groups is 1. The van der Waals surface area contributed by atoms with Crippen molar-refractivity contribution in [3.8, 4) is 0 Å². The van der Waals surface area contributed by atoms with Gasteiger partial charge in [0.2, 0.25) is 0 Å². The second-order valence-corrected chi connectivity index (χ2v) is 5.83. The summed E-state index contributed by atoms with van der Waals surface area (Å²) < 4.78 is 0. The Morgan fingerprint density at radius 1 is 1.20 bits per heavy atom. The van der Waals surface area contributed by atoms with Crippen LogP contribution >= 0.6 is 0 Å². The normalized spacial score (nSPS) is 12.6. The molecule has 110 valence electrons. The van der Waals surface area contributed by atoms with Crippen LogP contribution in [0, 0.1) is 5.41 Å². The zero-order valence-electron chi connectivity index (χ0n) is 12.1. The standard InChI is InChI=1S/C15H22N2O3/c1-15(2,3)12(9-13(18)19)17-14(20)16-10-11-7-5-4-6-8-11/h4-8,12H,9-10H2,1-3H3,(H,18,19)(H2,16,17,20). The molecule has 0 saturated heterocycles. The Morgan fingerprint density at radius 2 is 1.80 bits per heavy atom. The zero-order chi connectivity index (χ0) is 15.2. The Morgan fingerprint density at radius 3 is 2.30 bits per heavy atom. The van der Waals surface area contributed by atoms with Gasteiger partial charge in [0.25, 0.3) is 0 Å². The highest BCUT2D eigenvalue weighted by atomic mass is 16.4. The minimum absolute atomic E-state index is 0.0950. The second-order valence-electron chi connectivity index (χ2n) is 5.83. The summed E-state index contributed by atoms with van der Waals surface area (Å²) in [7, 11) is 0. The molecule has 0 saturated carbocycles. The maximum Gasteiger partial charge on any atom is 0.315 e. The molecular weight excluding hydrogens is 256 g/mol. The van der Waals surface area contributed by atoms with E-state index in [-0.39, 0.29) is 17.9 Å². The van der Waals surface area contributed by atoms with Gasteiger partial charge in [-0.1, -0.05) is 51.1 Å². The number of carboxylic acid groups (broad SMARTS) is 1. The predicted molar refractivity (Wildman–Crippen MR) is 77.3 cm³/mol. The molecule has 0 aliphatic heterocycles. The van der Waals surface area contributed by atoms with Crippen molar-refractivity contribution in [3.63, 3.8) is 0 Å². The molecule has 0 aliphatic rings. The van der Waals surface area contributed by atoms with Gasteiger partial charge in [-0.05, 0) is 11.0 Å². The number of hydrogen-bond acceptors (Lipinski definition) is 2. The van der Waals surface area contributed by atoms with E-state index in [0.717, 1.165) is 5.56 Å². The van der Waals surface area contributed by atoms with Crippen molar-refractivity contribution in [3.05, 3.63) is 35.9 Å². The largest absolute Gasteiger partial charge is 0.481 e. The van der Waals surface area contributed by atoms with Crippen molar-refractivity contribution < 1.29 is 14.7 Å². The van der Waals surface area contributed by atoms with Crippen molar-refractivity contribution in [2.45, 2.75) is 39.8 Å². The molecule has 0 spiro atoms. The van der Waals surface area contributed by atoms with Crippen LogP contribution in [0.25, 0.3) is 0 Å². The Kier molecular flexibility index (Phi) is 5.55. The number of carboxylic acids is 1. The molecule has 0 aromatic heterocycles. The quantitative estimate of drug-likeness (QED) is 0.773. The van der Waals surface area contributed by atoms with E-state index in [0.29, 0.717) is 6.54 Å². The fourth-order valence-corrected chi connectivity index (χ4v) is 1.74. The van der Waals surface area contributed by atoms with Gasteiger partial charge in [0, 0.05) is 12.6 Å². The Balaban J connectivity index is 2.52. The number of carbonyl (C=O) groups is 2. The van der Waals surface area contributed by atoms with E-state index in [1.54, 1.807) is 0 Å². The lowest BCUT2D eigenvalue weighted by Gasteiger charge is -2.30. The van der Waals surface area contributed by atoms with Crippen LogP contribution in [0.4, 0.5) is 4.79 Å². The van der Waals surface area contributed by atoms with Gasteiger partial charge in [-0.15, -0.1) is 0 Å². The second kappa shape index (κ2) is 6.93. The van der Waals surface area contributed by atoms with Crippen LogP contribution in [-0.4, -0.2) is 23.1 Å². The number of amides is 2. The lowest BCUT2D eigenvalue weighted by atomic mass is 9.85. The van der Waals surface area contributed by atoms with Gasteiger partial charge in [0.05, 0.1) is 6.42 Å². The molecule has 1 atom stereocenters. The minimum atomic E-state index is -0.923. The monoisotopic (exact) mass is 278 g/mol. The third-order valence-corrected chi connectivity index (χ3v) is 3.03. The number of hydrogen-bond donors (Lipinski definition) is 3. The highest BCUT2D eigenvalue weighted by molar-refractivity contribution is 5.75. The van der Waals surface area contributed by atoms with Crippen LogP contribution in [0.15, 0.2) is 30.3 Å². The van der Waals surface area contributed by atoms with Crippen molar-refractivity contribution in [2.75, 3.05) is 0 Å². The molecule has 1 unspecified atom stereocenters. The van der Waals surface area contributed by atoms with E-state index in [2.05, 4.69) is 10.6 Å². The molecule has 0 aliphatic carbocycles. The topological polar surface area (TPSA) is 78.4 Å². The first kappa shape index (κ1) is 16.0. The average Bonchev–Trinajstić information content (AvgIpc) is 2.35. The maximum atomic E-state index is 11.8. The number of benzene rings is 1. The van der Waals surface area contributed by atoms with E-state index in [1.165, 1.54) is 0 Å². The summed E-state index contributed by atoms with van der Waals surface area (Å²) in [4.78, 5) is 22.7. The predicted octanol–water partition coefficient (Wildman–Crippen LogP) is 2.38. The highest BCUT2D eigenvalue weighted by Gasteiger charge is 2.28. The van der Waals surface area contributed by atoms with E-state index < -0.39 is 12.0 Å². The Labute approximate surface area is 119 Å². The van der Waals surface area contributed by atoms with Gasteiger partial charge in [-0.2, -0.15) is 0 Å². The summed E-state index contributed by atoms with van der Waals surface area (Å²) >= 11 is 0. The van der Waals surface area contributed by atoms with Crippen LogP contribution in [0.1, 0.15) is 32.8 Å². The summed E-state index contributed by atoms with van der Waals surface area (Å²) in [5, 5.41) is 14.4. The van der Waals surface area contributed by atoms with E-state index in [9.17, 15) is 9.59 Å². The molecule has 0 bridgehead atoms. The number of rotatable bonds is 5. The van der Waals surface area contributed by atoms with Crippen molar-refractivity contribution >= 4 is 12.0 Å². The third kappa shape index (κ3) is 5.73. The summed E-state index contributed by atoms with van der Waals surface area (Å²) in [5.41, 5.74) is 0.677. The number of nitrogens with one attached hydrogen (secondary N) is 2. The van der Waals surface area contributed by atoms with Gasteiger partial charge in [-0.25, -0.2) is 4.79 Å². The van der Waals surface area contributed by atoms with Crippen molar-refractivity contribution in [2.24, 2.45) is 5.41 Å². The zero-order valence-corrected chi connectivity index (χ0v) is 12.1. The van der Waals surface area contributed by atoms with Crippen LogP contribution in [0.2, 0.25) is 0 Å². The fourth-order valence-electron chi connectivity index (χ4n) is 1.74. The van der Waals surface area contributed by atoms with E-state index in [1.807, 2.05) is 51.1 Å². The molecule has 0 radical (unpaired) electrons. The molecule has 1 aromatic rings. The SMILES string of the molecule is CC(C)(C)C(CC(=O)O)NC(=O)NCc1ccccc1. The van der Waals surface area contributed by atoms with Gasteiger partial charge in [-0.3, -0.25) is 4.79 Å². The first-order chi connectivity index (χ1) is 9.29. The minimum Gasteiger partial charge on any atom is -0.481 e. The van der Waals surface area contributed by atoms with Crippen LogP contribution in [-0.2, 0) is 11.3 Å². The molecule has 1 aromatic carbocycles. The van der Waals surface area contributed by atoms with Gasteiger partial charge >= 0.3 is 12.0 Å². The molecular formula is C15H22N2O3. The molecule has 3 N–H and O–H groups in total. The summed E-state index contributed by atoms with van der Waals surface area (Å²) in [5.74, 6) is -0.923. The average molecular weight is 278 g/mol. The van der Waals surface area contributed by atoms with E-state index in [4.69, 9.17) is 5.11 Å². The fraction of sp³-hybridized carbons (Fsp3) is 0.467. The maximum absolute atomic E-state index is 11.8. The van der Waals surface area contributed by atoms with Gasteiger partial charge in [0.15, 0.2) is 0 Å². The van der Waals surface area contributed by atoms with Gasteiger partial charge in [0.1, 0.15) is 0 Å². The summed E-state index contributed by atoms with van der Waals surface area (Å²) in [6.45, 7) is 6.12. The Hall–Kier alpha value is -2.04. The van der Waals surface area contributed by atoms with Crippen molar-refractivity contribution in [1.82, 2.24) is 10.6 Å². The molecule has 5 nitrogen and oxygen atoms in total. The van der Waals surface area contributed by atoms with Crippen LogP contribution < -0.4 is 10.6 Å². The number of aliphatic carboxylic acids is 1. The highest BCUT2D eigenvalue weighted by Crippen LogP contribution is 2.21. The first-order valence-electron chi connectivity index (χ1n) is 6.59. The number of carbonyl (C=O) groups excluding carboxylic acids is 1.